The van der Waals surface area contributed by atoms with Gasteiger partial charge in [-0.2, -0.15) is 0 Å². The highest BCUT2D eigenvalue weighted by molar-refractivity contribution is 6.06. The van der Waals surface area contributed by atoms with Crippen LogP contribution in [-0.4, -0.2) is 32.8 Å². The Bertz CT molecular complexity index is 1010. The summed E-state index contributed by atoms with van der Waals surface area (Å²) in [5.41, 5.74) is 3.04. The van der Waals surface area contributed by atoms with Gasteiger partial charge in [-0.1, -0.05) is 18.6 Å². The number of hydrogen-bond acceptors (Lipinski definition) is 5. The number of pyridine rings is 1. The topological polar surface area (TPSA) is 81.9 Å². The Balaban J connectivity index is 1.65. The smallest absolute Gasteiger partial charge is 0.261 e. The second-order valence-corrected chi connectivity index (χ2v) is 6.95. The summed E-state index contributed by atoms with van der Waals surface area (Å²) >= 11 is 0. The van der Waals surface area contributed by atoms with Gasteiger partial charge in [0, 0.05) is 30.4 Å². The molecule has 2 aromatic heterocycles. The summed E-state index contributed by atoms with van der Waals surface area (Å²) in [4.78, 5) is 16.9. The van der Waals surface area contributed by atoms with Gasteiger partial charge in [0.25, 0.3) is 5.91 Å². The van der Waals surface area contributed by atoms with Crippen molar-refractivity contribution in [3.63, 3.8) is 0 Å². The van der Waals surface area contributed by atoms with Crippen molar-refractivity contribution in [1.82, 2.24) is 19.7 Å². The second kappa shape index (κ2) is 7.80. The van der Waals surface area contributed by atoms with Gasteiger partial charge in [-0.25, -0.2) is 4.98 Å². The van der Waals surface area contributed by atoms with Crippen molar-refractivity contribution >= 4 is 11.6 Å². The molecule has 0 aliphatic carbocycles. The quantitative estimate of drug-likeness (QED) is 0.751. The van der Waals surface area contributed by atoms with E-state index in [1.165, 1.54) is 13.5 Å². The van der Waals surface area contributed by atoms with E-state index in [0.717, 1.165) is 54.3 Å². The number of ether oxygens (including phenoxy) is 1. The number of benzene rings is 1. The van der Waals surface area contributed by atoms with E-state index in [0.29, 0.717) is 11.4 Å². The maximum atomic E-state index is 12.8. The summed E-state index contributed by atoms with van der Waals surface area (Å²) in [6, 6.07) is 9.38. The van der Waals surface area contributed by atoms with Crippen molar-refractivity contribution in [2.45, 2.75) is 39.2 Å². The van der Waals surface area contributed by atoms with Crippen LogP contribution in [0.4, 0.5) is 5.69 Å². The van der Waals surface area contributed by atoms with Gasteiger partial charge < -0.3 is 14.6 Å². The standard InChI is InChI=1S/C21H23N5O2/c1-14-9-10-15(19-25-24-18-8-4-3-5-12-26(18)19)13-17(14)23-20(27)16-7-6-11-22-21(16)28-2/h6-7,9-11,13H,3-5,8,12H2,1-2H3,(H,23,27). The summed E-state index contributed by atoms with van der Waals surface area (Å²) in [6.45, 7) is 2.89. The molecule has 144 valence electrons. The number of carbonyl (C=O) groups is 1. The number of nitrogens with zero attached hydrogens (tertiary/aromatic N) is 4. The van der Waals surface area contributed by atoms with E-state index in [2.05, 4.69) is 25.1 Å². The molecular formula is C21H23N5O2. The molecule has 0 bridgehead atoms. The summed E-state index contributed by atoms with van der Waals surface area (Å²) < 4.78 is 7.40. The van der Waals surface area contributed by atoms with Gasteiger partial charge in [0.2, 0.25) is 5.88 Å². The minimum Gasteiger partial charge on any atom is -0.480 e. The average Bonchev–Trinajstić information content (AvgIpc) is 2.97. The maximum Gasteiger partial charge on any atom is 0.261 e. The third-order valence-corrected chi connectivity index (χ3v) is 5.06. The number of hydrogen-bond donors (Lipinski definition) is 1. The van der Waals surface area contributed by atoms with Crippen LogP contribution in [0.25, 0.3) is 11.4 Å². The molecule has 4 rings (SSSR count). The van der Waals surface area contributed by atoms with Crippen LogP contribution in [0, 0.1) is 6.92 Å². The van der Waals surface area contributed by atoms with Crippen molar-refractivity contribution in [3.8, 4) is 17.3 Å². The highest BCUT2D eigenvalue weighted by Crippen LogP contribution is 2.27. The Kier molecular flexibility index (Phi) is 5.06. The molecule has 1 aliphatic heterocycles. The predicted molar refractivity (Wildman–Crippen MR) is 106 cm³/mol. The number of rotatable bonds is 4. The van der Waals surface area contributed by atoms with Crippen LogP contribution in [0.15, 0.2) is 36.5 Å². The lowest BCUT2D eigenvalue weighted by molar-refractivity contribution is 0.102. The van der Waals surface area contributed by atoms with Crippen molar-refractivity contribution in [2.24, 2.45) is 0 Å². The van der Waals surface area contributed by atoms with Gasteiger partial charge in [0.05, 0.1) is 7.11 Å². The van der Waals surface area contributed by atoms with Crippen molar-refractivity contribution in [1.29, 1.82) is 0 Å². The number of aryl methyl sites for hydroxylation is 2. The fourth-order valence-electron chi connectivity index (χ4n) is 3.51. The molecule has 0 unspecified atom stereocenters. The molecular weight excluding hydrogens is 354 g/mol. The fraction of sp³-hybridized carbons (Fsp3) is 0.333. The molecule has 0 spiro atoms. The number of aromatic nitrogens is 4. The van der Waals surface area contributed by atoms with E-state index < -0.39 is 0 Å². The van der Waals surface area contributed by atoms with Gasteiger partial charge in [-0.05, 0) is 43.5 Å². The zero-order chi connectivity index (χ0) is 19.5. The molecule has 28 heavy (non-hydrogen) atoms. The van der Waals surface area contributed by atoms with Crippen molar-refractivity contribution < 1.29 is 9.53 Å². The SMILES string of the molecule is COc1ncccc1C(=O)Nc1cc(-c2nnc3n2CCCCC3)ccc1C. The molecule has 1 aromatic carbocycles. The fourth-order valence-corrected chi connectivity index (χ4v) is 3.51. The Morgan fingerprint density at radius 3 is 2.93 bits per heavy atom. The third-order valence-electron chi connectivity index (χ3n) is 5.06. The summed E-state index contributed by atoms with van der Waals surface area (Å²) in [5, 5.41) is 11.8. The highest BCUT2D eigenvalue weighted by Gasteiger charge is 2.18. The van der Waals surface area contributed by atoms with Gasteiger partial charge in [0.15, 0.2) is 5.82 Å². The summed E-state index contributed by atoms with van der Waals surface area (Å²) in [6.07, 6.45) is 6.06. The number of anilines is 1. The zero-order valence-corrected chi connectivity index (χ0v) is 16.1. The Labute approximate surface area is 163 Å². The normalized spacial score (nSPS) is 13.5. The molecule has 0 atom stereocenters. The molecule has 3 heterocycles. The zero-order valence-electron chi connectivity index (χ0n) is 16.1. The van der Waals surface area contributed by atoms with Crippen LogP contribution in [0.2, 0.25) is 0 Å². The summed E-state index contributed by atoms with van der Waals surface area (Å²) in [7, 11) is 1.50. The van der Waals surface area contributed by atoms with Crippen LogP contribution >= 0.6 is 0 Å². The Hall–Kier alpha value is -3.22. The van der Waals surface area contributed by atoms with Crippen LogP contribution in [-0.2, 0) is 13.0 Å². The Morgan fingerprint density at radius 2 is 2.07 bits per heavy atom. The van der Waals surface area contributed by atoms with Crippen LogP contribution in [0.3, 0.4) is 0 Å². The molecule has 0 fully saturated rings. The number of fused-ring (bicyclic) bond motifs is 1. The molecule has 0 saturated heterocycles. The first-order valence-electron chi connectivity index (χ1n) is 9.51. The minimum atomic E-state index is -0.259. The first kappa shape index (κ1) is 18.2. The molecule has 0 saturated carbocycles. The van der Waals surface area contributed by atoms with E-state index in [4.69, 9.17) is 4.74 Å². The molecule has 0 radical (unpaired) electrons. The Morgan fingerprint density at radius 1 is 1.18 bits per heavy atom. The lowest BCUT2D eigenvalue weighted by Crippen LogP contribution is -2.14. The number of methoxy groups -OCH3 is 1. The van der Waals surface area contributed by atoms with E-state index >= 15 is 0 Å². The van der Waals surface area contributed by atoms with E-state index in [9.17, 15) is 4.79 Å². The van der Waals surface area contributed by atoms with Gasteiger partial charge in [-0.3, -0.25) is 4.79 Å². The molecule has 1 aliphatic rings. The maximum absolute atomic E-state index is 12.8. The van der Waals surface area contributed by atoms with Crippen LogP contribution < -0.4 is 10.1 Å². The minimum absolute atomic E-state index is 0.259. The van der Waals surface area contributed by atoms with Crippen molar-refractivity contribution in [3.05, 3.63) is 53.5 Å². The average molecular weight is 377 g/mol. The van der Waals surface area contributed by atoms with E-state index in [1.54, 1.807) is 18.3 Å². The lowest BCUT2D eigenvalue weighted by atomic mass is 10.1. The largest absolute Gasteiger partial charge is 0.480 e. The summed E-state index contributed by atoms with van der Waals surface area (Å²) in [5.74, 6) is 1.94. The number of nitrogens with one attached hydrogen (secondary N) is 1. The molecule has 3 aromatic rings. The number of carbonyl (C=O) groups excluding carboxylic acids is 1. The van der Waals surface area contributed by atoms with Gasteiger partial charge in [0.1, 0.15) is 11.4 Å². The van der Waals surface area contributed by atoms with Gasteiger partial charge >= 0.3 is 0 Å². The first-order chi connectivity index (χ1) is 13.7. The second-order valence-electron chi connectivity index (χ2n) is 6.95. The first-order valence-corrected chi connectivity index (χ1v) is 9.51. The third kappa shape index (κ3) is 3.47. The monoisotopic (exact) mass is 377 g/mol. The van der Waals surface area contributed by atoms with Gasteiger partial charge in [-0.15, -0.1) is 10.2 Å². The van der Waals surface area contributed by atoms with Crippen LogP contribution in [0.1, 0.15) is 41.0 Å². The molecule has 7 nitrogen and oxygen atoms in total. The molecule has 7 heteroatoms. The highest BCUT2D eigenvalue weighted by atomic mass is 16.5. The number of amides is 1. The molecule has 1 N–H and O–H groups in total. The predicted octanol–water partition coefficient (Wildman–Crippen LogP) is 3.64. The van der Waals surface area contributed by atoms with E-state index in [-0.39, 0.29) is 5.91 Å². The lowest BCUT2D eigenvalue weighted by Gasteiger charge is -2.13. The molecule has 1 amide bonds. The van der Waals surface area contributed by atoms with E-state index in [1.807, 2.05) is 25.1 Å². The van der Waals surface area contributed by atoms with Crippen molar-refractivity contribution in [2.75, 3.05) is 12.4 Å². The van der Waals surface area contributed by atoms with Crippen LogP contribution in [0.5, 0.6) is 5.88 Å².